The van der Waals surface area contributed by atoms with E-state index in [4.69, 9.17) is 9.47 Å². The summed E-state index contributed by atoms with van der Waals surface area (Å²) < 4.78 is 64.5. The second-order valence-electron chi connectivity index (χ2n) is 7.58. The van der Waals surface area contributed by atoms with Crippen LogP contribution < -0.4 is 19.1 Å². The van der Waals surface area contributed by atoms with Crippen LogP contribution in [-0.2, 0) is 21.2 Å². The van der Waals surface area contributed by atoms with Crippen LogP contribution >= 0.6 is 0 Å². The molecule has 0 aliphatic carbocycles. The fourth-order valence-corrected chi connectivity index (χ4v) is 4.82. The Hall–Kier alpha value is -3.66. The van der Waals surface area contributed by atoms with Gasteiger partial charge in [0.15, 0.2) is 11.5 Å². The minimum absolute atomic E-state index is 0.108. The van der Waals surface area contributed by atoms with E-state index in [2.05, 4.69) is 5.32 Å². The number of amides is 1. The van der Waals surface area contributed by atoms with Gasteiger partial charge in [-0.05, 0) is 79.1 Å². The van der Waals surface area contributed by atoms with E-state index in [-0.39, 0.29) is 10.6 Å². The van der Waals surface area contributed by atoms with Gasteiger partial charge in [-0.3, -0.25) is 9.10 Å². The normalized spacial score (nSPS) is 11.1. The highest BCUT2D eigenvalue weighted by Gasteiger charge is 2.27. The van der Waals surface area contributed by atoms with Crippen LogP contribution in [0.5, 0.6) is 11.5 Å². The van der Waals surface area contributed by atoms with Gasteiger partial charge >= 0.3 is 0 Å². The van der Waals surface area contributed by atoms with Crippen LogP contribution in [0.15, 0.2) is 71.6 Å². The van der Waals surface area contributed by atoms with Gasteiger partial charge in [-0.15, -0.1) is 0 Å². The van der Waals surface area contributed by atoms with Crippen molar-refractivity contribution in [3.05, 3.63) is 83.9 Å². The number of rotatable bonds is 11. The number of benzene rings is 3. The summed E-state index contributed by atoms with van der Waals surface area (Å²) in [4.78, 5) is 12.4. The number of hydrogen-bond acceptors (Lipinski definition) is 5. The first-order chi connectivity index (χ1) is 16.7. The molecule has 0 saturated carbocycles. The fourth-order valence-electron chi connectivity index (χ4n) is 3.40. The van der Waals surface area contributed by atoms with Crippen LogP contribution in [0.1, 0.15) is 12.0 Å². The maximum Gasteiger partial charge on any atom is 0.264 e. The van der Waals surface area contributed by atoms with Gasteiger partial charge in [-0.2, -0.15) is 0 Å². The Labute approximate surface area is 203 Å². The number of aryl methyl sites for hydroxylation is 1. The average Bonchev–Trinajstić information content (AvgIpc) is 2.86. The van der Waals surface area contributed by atoms with Gasteiger partial charge in [0.2, 0.25) is 5.91 Å². The van der Waals surface area contributed by atoms with Gasteiger partial charge in [-0.25, -0.2) is 17.2 Å². The van der Waals surface area contributed by atoms with Gasteiger partial charge in [0.25, 0.3) is 10.0 Å². The van der Waals surface area contributed by atoms with Crippen LogP contribution in [0, 0.1) is 11.6 Å². The number of carbonyl (C=O) groups excluding carboxylic acids is 1. The van der Waals surface area contributed by atoms with E-state index in [1.165, 1.54) is 12.1 Å². The Morgan fingerprint density at radius 3 is 2.09 bits per heavy atom. The number of hydrogen-bond donors (Lipinski definition) is 1. The summed E-state index contributed by atoms with van der Waals surface area (Å²) in [5.74, 6) is -0.452. The molecule has 35 heavy (non-hydrogen) atoms. The Bertz CT molecular complexity index is 1250. The molecule has 1 N–H and O–H groups in total. The summed E-state index contributed by atoms with van der Waals surface area (Å²) in [6.07, 6.45) is 1.25. The Kier molecular flexibility index (Phi) is 8.64. The molecule has 7 nitrogen and oxygen atoms in total. The van der Waals surface area contributed by atoms with E-state index in [0.29, 0.717) is 30.9 Å². The summed E-state index contributed by atoms with van der Waals surface area (Å²) in [5, 5.41) is 2.71. The zero-order valence-corrected chi connectivity index (χ0v) is 20.1. The highest BCUT2D eigenvalue weighted by atomic mass is 32.2. The Balaban J connectivity index is 1.67. The lowest BCUT2D eigenvalue weighted by molar-refractivity contribution is -0.119. The number of carbonyl (C=O) groups is 1. The Morgan fingerprint density at radius 1 is 0.886 bits per heavy atom. The van der Waals surface area contributed by atoms with Crippen LogP contribution in [-0.4, -0.2) is 41.6 Å². The van der Waals surface area contributed by atoms with Crippen molar-refractivity contribution < 1.29 is 31.5 Å². The zero-order chi connectivity index (χ0) is 25.4. The van der Waals surface area contributed by atoms with E-state index >= 15 is 0 Å². The van der Waals surface area contributed by atoms with E-state index in [9.17, 15) is 22.0 Å². The molecule has 0 aliphatic heterocycles. The van der Waals surface area contributed by atoms with Crippen LogP contribution in [0.3, 0.4) is 0 Å². The Morgan fingerprint density at radius 2 is 1.49 bits per heavy atom. The first-order valence-corrected chi connectivity index (χ1v) is 12.2. The van der Waals surface area contributed by atoms with Gasteiger partial charge < -0.3 is 14.8 Å². The second kappa shape index (κ2) is 11.7. The van der Waals surface area contributed by atoms with Crippen molar-refractivity contribution in [1.82, 2.24) is 5.32 Å². The number of halogens is 2. The van der Waals surface area contributed by atoms with E-state index in [1.807, 2.05) is 12.1 Å². The van der Waals surface area contributed by atoms with E-state index in [1.54, 1.807) is 20.3 Å². The highest BCUT2D eigenvalue weighted by Crippen LogP contribution is 2.28. The molecule has 0 bridgehead atoms. The third-order valence-electron chi connectivity index (χ3n) is 5.22. The molecule has 0 heterocycles. The van der Waals surface area contributed by atoms with Gasteiger partial charge in [0.05, 0.1) is 24.8 Å². The molecule has 3 aromatic carbocycles. The molecule has 186 valence electrons. The van der Waals surface area contributed by atoms with Crippen LogP contribution in [0.4, 0.5) is 14.5 Å². The number of nitrogens with one attached hydrogen (secondary N) is 1. The first-order valence-electron chi connectivity index (χ1n) is 10.8. The third kappa shape index (κ3) is 6.69. The van der Waals surface area contributed by atoms with Crippen LogP contribution in [0.25, 0.3) is 0 Å². The predicted octanol–water partition coefficient (Wildman–Crippen LogP) is 3.93. The van der Waals surface area contributed by atoms with Crippen molar-refractivity contribution in [2.24, 2.45) is 0 Å². The molecule has 0 fully saturated rings. The van der Waals surface area contributed by atoms with Crippen molar-refractivity contribution in [3.8, 4) is 11.5 Å². The van der Waals surface area contributed by atoms with E-state index in [0.717, 1.165) is 46.3 Å². The monoisotopic (exact) mass is 504 g/mol. The smallest absolute Gasteiger partial charge is 0.264 e. The fraction of sp³-hybridized carbons (Fsp3) is 0.240. The van der Waals surface area contributed by atoms with Gasteiger partial charge in [0.1, 0.15) is 18.2 Å². The molecule has 0 saturated heterocycles. The van der Waals surface area contributed by atoms with Crippen molar-refractivity contribution in [2.45, 2.75) is 17.7 Å². The first kappa shape index (κ1) is 26.0. The largest absolute Gasteiger partial charge is 0.493 e. The predicted molar refractivity (Wildman–Crippen MR) is 128 cm³/mol. The van der Waals surface area contributed by atoms with Crippen molar-refractivity contribution in [1.29, 1.82) is 0 Å². The molecule has 3 aromatic rings. The van der Waals surface area contributed by atoms with Crippen molar-refractivity contribution in [2.75, 3.05) is 31.6 Å². The molecular weight excluding hydrogens is 478 g/mol. The number of sulfonamides is 1. The number of methoxy groups -OCH3 is 2. The maximum atomic E-state index is 13.4. The molecule has 1 amide bonds. The maximum absolute atomic E-state index is 13.4. The molecular formula is C25H26F2N2O5S. The number of nitrogens with zero attached hydrogens (tertiary/aromatic N) is 1. The topological polar surface area (TPSA) is 84.9 Å². The molecule has 0 unspecified atom stereocenters. The summed E-state index contributed by atoms with van der Waals surface area (Å²) in [6.45, 7) is -0.220. The third-order valence-corrected chi connectivity index (χ3v) is 7.00. The molecule has 10 heteroatoms. The van der Waals surface area contributed by atoms with E-state index < -0.39 is 34.1 Å². The van der Waals surface area contributed by atoms with Gasteiger partial charge in [0, 0.05) is 6.54 Å². The number of anilines is 1. The average molecular weight is 505 g/mol. The lowest BCUT2D eigenvalue weighted by Gasteiger charge is -2.24. The van der Waals surface area contributed by atoms with Crippen LogP contribution in [0.2, 0.25) is 0 Å². The highest BCUT2D eigenvalue weighted by molar-refractivity contribution is 7.92. The minimum Gasteiger partial charge on any atom is -0.493 e. The summed E-state index contributed by atoms with van der Waals surface area (Å²) in [7, 11) is -1.10. The minimum atomic E-state index is -4.21. The summed E-state index contributed by atoms with van der Waals surface area (Å²) in [6, 6.07) is 14.5. The van der Waals surface area contributed by atoms with Crippen molar-refractivity contribution in [3.63, 3.8) is 0 Å². The molecule has 0 atom stereocenters. The quantitative estimate of drug-likeness (QED) is 0.400. The van der Waals surface area contributed by atoms with Gasteiger partial charge in [-0.1, -0.05) is 6.07 Å². The molecule has 0 aromatic heterocycles. The standard InChI is InChI=1S/C25H26F2N2O5S/c1-33-23-14-5-18(16-24(23)34-2)4-3-15-28-25(30)17-29(21-10-6-19(26)7-11-21)35(31,32)22-12-8-20(27)9-13-22/h5-14,16H,3-4,15,17H2,1-2H3,(H,28,30). The number of ether oxygens (including phenoxy) is 2. The summed E-state index contributed by atoms with van der Waals surface area (Å²) >= 11 is 0. The molecule has 0 spiro atoms. The SMILES string of the molecule is COc1ccc(CCCNC(=O)CN(c2ccc(F)cc2)S(=O)(=O)c2ccc(F)cc2)cc1OC. The van der Waals surface area contributed by atoms with Crippen molar-refractivity contribution >= 4 is 21.6 Å². The second-order valence-corrected chi connectivity index (χ2v) is 9.45. The summed E-state index contributed by atoms with van der Waals surface area (Å²) in [5.41, 5.74) is 1.10. The lowest BCUT2D eigenvalue weighted by Crippen LogP contribution is -2.41. The molecule has 0 aliphatic rings. The molecule has 0 radical (unpaired) electrons. The zero-order valence-electron chi connectivity index (χ0n) is 19.3. The lowest BCUT2D eigenvalue weighted by atomic mass is 10.1. The molecule has 3 rings (SSSR count).